The van der Waals surface area contributed by atoms with Crippen LogP contribution in [0.3, 0.4) is 0 Å². The molecule has 0 aromatic heterocycles. The predicted molar refractivity (Wildman–Crippen MR) is 428 cm³/mol. The van der Waals surface area contributed by atoms with E-state index in [1.54, 1.807) is 0 Å². The standard InChI is InChI=1S/C90H151NO8/c1-6-8-10-12-14-16-18-20-22-24-26-28-30-32-34-36-38-40-42-43-44-45-47-49-51-53-55-57-59-61-63-65-67-69-71-73-75-77-79-81-88(93)99-86(85-98-90(89(94)95)96-83-82-91(3,4)5)84-97-87(92)80-78-76-74-72-70-68-66-64-62-60-58-56-54-52-50-48-46-41-39-37-35-33-31-29-27-25-23-21-19-17-15-13-11-9-7-2/h8-11,14-17,20-23,26-29,32-35,38,40,43-44,47,49,86,90H,6-7,12-13,18-19,24-25,30-31,36-37,39,41-42,45-46,48,50-85H2,1-5H3/p+1/b10-8-,11-9-,16-14-,17-15-,22-20-,23-21-,28-26-,29-27-,34-32-,35-33-,40-38-,44-43-,49-47-. The number of hydrogen-bond donors (Lipinski definition) is 1. The highest BCUT2D eigenvalue weighted by Gasteiger charge is 2.25. The number of quaternary nitrogens is 1. The summed E-state index contributed by atoms with van der Waals surface area (Å²) in [6.45, 7) is 4.67. The third kappa shape index (κ3) is 80.1. The van der Waals surface area contributed by atoms with Crippen molar-refractivity contribution in [2.75, 3.05) is 47.5 Å². The average molecular weight is 1380 g/mol. The highest BCUT2D eigenvalue weighted by molar-refractivity contribution is 5.71. The number of carbonyl (C=O) groups is 3. The molecular weight excluding hydrogens is 1220 g/mol. The molecule has 0 aliphatic rings. The van der Waals surface area contributed by atoms with E-state index < -0.39 is 24.3 Å². The number of carboxylic acids is 1. The van der Waals surface area contributed by atoms with Crippen molar-refractivity contribution in [3.05, 3.63) is 158 Å². The summed E-state index contributed by atoms with van der Waals surface area (Å²) in [7, 11) is 5.98. The molecule has 0 saturated heterocycles. The third-order valence-corrected chi connectivity index (χ3v) is 17.3. The molecule has 0 aromatic rings. The van der Waals surface area contributed by atoms with Crippen molar-refractivity contribution in [2.24, 2.45) is 0 Å². The van der Waals surface area contributed by atoms with Crippen molar-refractivity contribution in [1.29, 1.82) is 0 Å². The van der Waals surface area contributed by atoms with Gasteiger partial charge in [-0.3, -0.25) is 9.59 Å². The van der Waals surface area contributed by atoms with E-state index in [1.807, 2.05) is 21.1 Å². The van der Waals surface area contributed by atoms with E-state index >= 15 is 0 Å². The molecule has 9 nitrogen and oxygen atoms in total. The number of carboxylic acid groups (broad SMARTS) is 1. The van der Waals surface area contributed by atoms with Crippen molar-refractivity contribution in [3.63, 3.8) is 0 Å². The first kappa shape index (κ1) is 93.9. The first-order chi connectivity index (χ1) is 48.6. The number of nitrogens with zero attached hydrogens (tertiary/aromatic N) is 1. The summed E-state index contributed by atoms with van der Waals surface area (Å²) in [6.07, 6.45) is 114. The Balaban J connectivity index is 4.04. The Morgan fingerprint density at radius 2 is 0.545 bits per heavy atom. The molecule has 1 N–H and O–H groups in total. The summed E-state index contributed by atoms with van der Waals surface area (Å²) in [5.74, 6) is -2.00. The van der Waals surface area contributed by atoms with Crippen LogP contribution in [0.25, 0.3) is 0 Å². The molecule has 9 heteroatoms. The number of ether oxygens (including phenoxy) is 4. The van der Waals surface area contributed by atoms with Gasteiger partial charge in [0, 0.05) is 12.8 Å². The van der Waals surface area contributed by atoms with Crippen LogP contribution in [0.4, 0.5) is 0 Å². The number of aliphatic carboxylic acids is 1. The monoisotopic (exact) mass is 1380 g/mol. The molecule has 0 rings (SSSR count). The zero-order valence-electron chi connectivity index (χ0n) is 64.6. The quantitative estimate of drug-likeness (QED) is 0.0211. The van der Waals surface area contributed by atoms with Crippen LogP contribution in [-0.2, 0) is 33.3 Å². The summed E-state index contributed by atoms with van der Waals surface area (Å²) >= 11 is 0. The van der Waals surface area contributed by atoms with E-state index in [2.05, 4.69) is 172 Å². The van der Waals surface area contributed by atoms with Gasteiger partial charge in [0.25, 0.3) is 6.29 Å². The van der Waals surface area contributed by atoms with E-state index in [9.17, 15) is 19.5 Å². The first-order valence-electron chi connectivity index (χ1n) is 40.6. The molecule has 0 aromatic carbocycles. The zero-order valence-corrected chi connectivity index (χ0v) is 64.6. The maximum absolute atomic E-state index is 13.0. The van der Waals surface area contributed by atoms with Gasteiger partial charge in [0.15, 0.2) is 6.10 Å². The highest BCUT2D eigenvalue weighted by Crippen LogP contribution is 2.18. The van der Waals surface area contributed by atoms with Crippen LogP contribution in [-0.4, -0.2) is 87.4 Å². The van der Waals surface area contributed by atoms with Gasteiger partial charge in [-0.05, 0) is 122 Å². The van der Waals surface area contributed by atoms with E-state index in [4.69, 9.17) is 18.9 Å². The van der Waals surface area contributed by atoms with Crippen LogP contribution in [0.5, 0.6) is 0 Å². The minimum atomic E-state index is -1.52. The van der Waals surface area contributed by atoms with Crippen molar-refractivity contribution in [3.8, 4) is 0 Å². The number of allylic oxidation sites excluding steroid dienone is 26. The van der Waals surface area contributed by atoms with Crippen LogP contribution in [0.2, 0.25) is 0 Å². The third-order valence-electron chi connectivity index (χ3n) is 17.3. The Labute approximate surface area is 610 Å². The lowest BCUT2D eigenvalue weighted by atomic mass is 10.0. The molecule has 0 fully saturated rings. The summed E-state index contributed by atoms with van der Waals surface area (Å²) in [5.41, 5.74) is 0. The Morgan fingerprint density at radius 1 is 0.303 bits per heavy atom. The molecule has 2 atom stereocenters. The van der Waals surface area contributed by atoms with Crippen molar-refractivity contribution >= 4 is 17.9 Å². The number of likely N-dealkylation sites (N-methyl/N-ethyl adjacent to an activating group) is 1. The molecule has 99 heavy (non-hydrogen) atoms. The highest BCUT2D eigenvalue weighted by atomic mass is 16.7. The smallest absolute Gasteiger partial charge is 0.361 e. The Morgan fingerprint density at radius 3 is 0.808 bits per heavy atom. The van der Waals surface area contributed by atoms with E-state index in [1.165, 1.54) is 180 Å². The number of carbonyl (C=O) groups excluding carboxylic acids is 2. The fraction of sp³-hybridized carbons (Fsp3) is 0.678. The molecule has 0 bridgehead atoms. The Bertz CT molecular complexity index is 2200. The van der Waals surface area contributed by atoms with Gasteiger partial charge >= 0.3 is 17.9 Å². The maximum atomic E-state index is 13.0. The van der Waals surface area contributed by atoms with Crippen LogP contribution in [0, 0.1) is 0 Å². The second kappa shape index (κ2) is 78.6. The molecule has 0 amide bonds. The molecule has 564 valence electrons. The largest absolute Gasteiger partial charge is 0.477 e. The van der Waals surface area contributed by atoms with Gasteiger partial charge in [-0.25, -0.2) is 4.79 Å². The summed E-state index contributed by atoms with van der Waals surface area (Å²) < 4.78 is 23.1. The minimum Gasteiger partial charge on any atom is -0.477 e. The maximum Gasteiger partial charge on any atom is 0.361 e. The number of rotatable bonds is 74. The van der Waals surface area contributed by atoms with Gasteiger partial charge < -0.3 is 28.5 Å². The molecule has 0 radical (unpaired) electrons. The lowest BCUT2D eigenvalue weighted by molar-refractivity contribution is -0.870. The fourth-order valence-electron chi connectivity index (χ4n) is 11.2. The second-order valence-corrected chi connectivity index (χ2v) is 28.0. The molecule has 0 spiro atoms. The molecule has 0 aliphatic heterocycles. The van der Waals surface area contributed by atoms with Gasteiger partial charge in [-0.15, -0.1) is 0 Å². The number of esters is 2. The van der Waals surface area contributed by atoms with Gasteiger partial charge in [0.2, 0.25) is 0 Å². The predicted octanol–water partition coefficient (Wildman–Crippen LogP) is 26.4. The second-order valence-electron chi connectivity index (χ2n) is 28.0. The summed E-state index contributed by atoms with van der Waals surface area (Å²) in [4.78, 5) is 37.8. The van der Waals surface area contributed by atoms with E-state index in [0.717, 1.165) is 122 Å². The minimum absolute atomic E-state index is 0.183. The van der Waals surface area contributed by atoms with Crippen molar-refractivity contribution in [1.82, 2.24) is 0 Å². The van der Waals surface area contributed by atoms with Gasteiger partial charge in [-0.2, -0.15) is 0 Å². The van der Waals surface area contributed by atoms with E-state index in [0.29, 0.717) is 23.9 Å². The molecular formula is C90H152NO8+. The summed E-state index contributed by atoms with van der Waals surface area (Å²) in [5, 5.41) is 9.78. The fourth-order valence-corrected chi connectivity index (χ4v) is 11.2. The van der Waals surface area contributed by atoms with Crippen molar-refractivity contribution in [2.45, 2.75) is 347 Å². The molecule has 0 saturated carbocycles. The number of unbranched alkanes of at least 4 members (excludes halogenated alkanes) is 33. The topological polar surface area (TPSA) is 108 Å². The normalized spacial score (nSPS) is 13.5. The molecule has 0 heterocycles. The van der Waals surface area contributed by atoms with Crippen LogP contribution < -0.4 is 0 Å². The summed E-state index contributed by atoms with van der Waals surface area (Å²) in [6, 6.07) is 0. The zero-order chi connectivity index (χ0) is 71.8. The molecule has 0 aliphatic carbocycles. The van der Waals surface area contributed by atoms with Gasteiger partial charge in [-0.1, -0.05) is 358 Å². The van der Waals surface area contributed by atoms with Gasteiger partial charge in [0.1, 0.15) is 13.2 Å². The lowest BCUT2D eigenvalue weighted by Crippen LogP contribution is -2.40. The van der Waals surface area contributed by atoms with Crippen LogP contribution >= 0.6 is 0 Å². The van der Waals surface area contributed by atoms with Gasteiger partial charge in [0.05, 0.1) is 34.4 Å². The average Bonchev–Trinajstić information content (AvgIpc) is 1.14. The van der Waals surface area contributed by atoms with Crippen molar-refractivity contribution < 1.29 is 42.9 Å². The Hall–Kier alpha value is -5.09. The lowest BCUT2D eigenvalue weighted by Gasteiger charge is -2.25. The van der Waals surface area contributed by atoms with Crippen LogP contribution in [0.1, 0.15) is 335 Å². The number of hydrogen-bond acceptors (Lipinski definition) is 7. The first-order valence-corrected chi connectivity index (χ1v) is 40.6. The molecule has 2 unspecified atom stereocenters. The van der Waals surface area contributed by atoms with E-state index in [-0.39, 0.29) is 32.2 Å². The SMILES string of the molecule is CC/C=C\C/C=C\C/C=C\C/C=C\C/C=C\C/C=C\C/C=C\C/C=C\CCCCCCCCCCCCCCCCC(=O)OC(COC(=O)CCCCCCCCCCCCCCCCCCCCC/C=C\C/C=C\C/C=C\C/C=C\C/C=C\CC)COC(OCC[N+](C)(C)C)C(=O)O. The Kier molecular flexibility index (Phi) is 74.6. The van der Waals surface area contributed by atoms with Crippen LogP contribution in [0.15, 0.2) is 158 Å².